The normalized spacial score (nSPS) is 23.9. The van der Waals surface area contributed by atoms with Crippen molar-refractivity contribution in [2.24, 2.45) is 5.92 Å². The number of esters is 1. The molecule has 1 aromatic carbocycles. The van der Waals surface area contributed by atoms with E-state index in [1.165, 1.54) is 6.07 Å². The summed E-state index contributed by atoms with van der Waals surface area (Å²) in [6.45, 7) is 3.38. The van der Waals surface area contributed by atoms with Crippen LogP contribution >= 0.6 is 0 Å². The van der Waals surface area contributed by atoms with Gasteiger partial charge >= 0.3 is 5.97 Å². The second-order valence-electron chi connectivity index (χ2n) is 8.46. The predicted octanol–water partition coefficient (Wildman–Crippen LogP) is 4.39. The minimum Gasteiger partial charge on any atom is -0.458 e. The molecule has 0 bridgehead atoms. The molecule has 1 saturated heterocycles. The first-order valence-corrected chi connectivity index (χ1v) is 9.69. The summed E-state index contributed by atoms with van der Waals surface area (Å²) in [4.78, 5) is 24.1. The molecular weight excluding hydrogens is 345 g/mol. The van der Waals surface area contributed by atoms with Crippen molar-refractivity contribution in [3.63, 3.8) is 0 Å². The first-order valence-electron chi connectivity index (χ1n) is 9.69. The van der Waals surface area contributed by atoms with Gasteiger partial charge in [0.05, 0.1) is 11.5 Å². The topological polar surface area (TPSA) is 67.2 Å². The smallest absolute Gasteiger partial charge is 0.313 e. The van der Waals surface area contributed by atoms with Gasteiger partial charge in [-0.15, -0.1) is 0 Å². The molecule has 0 spiro atoms. The summed E-state index contributed by atoms with van der Waals surface area (Å²) >= 11 is 0. The molecule has 2 aliphatic rings. The quantitative estimate of drug-likeness (QED) is 0.568. The number of ketones is 1. The Bertz CT molecular complexity index is 771. The van der Waals surface area contributed by atoms with Gasteiger partial charge in [0.15, 0.2) is 0 Å². The number of aryl methyl sites for hydroxylation is 1. The van der Waals surface area contributed by atoms with E-state index in [9.17, 15) is 19.2 Å². The van der Waals surface area contributed by atoms with Crippen molar-refractivity contribution in [1.29, 1.82) is 5.26 Å². The van der Waals surface area contributed by atoms with Crippen molar-refractivity contribution < 1.29 is 18.7 Å². The highest BCUT2D eigenvalue weighted by Crippen LogP contribution is 2.44. The molecular formula is C22H26FNO3. The number of nitrogens with zero attached hydrogens (tertiary/aromatic N) is 1. The number of halogens is 1. The largest absolute Gasteiger partial charge is 0.458 e. The highest BCUT2D eigenvalue weighted by Gasteiger charge is 2.47. The second kappa shape index (κ2) is 7.42. The molecule has 0 radical (unpaired) electrons. The number of carbonyl (C=O) groups is 2. The molecule has 1 heterocycles. The van der Waals surface area contributed by atoms with Crippen molar-refractivity contribution in [2.75, 3.05) is 0 Å². The number of carbonyl (C=O) groups excluding carboxylic acids is 2. The first kappa shape index (κ1) is 19.5. The number of cyclic esters (lactones) is 1. The number of rotatable bonds is 5. The fraction of sp³-hybridized carbons (Fsp3) is 0.591. The Balaban J connectivity index is 1.80. The van der Waals surface area contributed by atoms with Gasteiger partial charge in [-0.2, -0.15) is 5.26 Å². The molecule has 0 N–H and O–H groups in total. The van der Waals surface area contributed by atoms with Gasteiger partial charge in [0, 0.05) is 12.0 Å². The molecule has 0 unspecified atom stereocenters. The van der Waals surface area contributed by atoms with Crippen LogP contribution in [0.4, 0.5) is 4.39 Å². The summed E-state index contributed by atoms with van der Waals surface area (Å²) in [5, 5.41) is 9.22. The minimum absolute atomic E-state index is 0.0598. The lowest BCUT2D eigenvalue weighted by Gasteiger charge is -2.41. The lowest BCUT2D eigenvalue weighted by Crippen LogP contribution is -2.48. The van der Waals surface area contributed by atoms with Crippen LogP contribution in [0.5, 0.6) is 0 Å². The van der Waals surface area contributed by atoms with Gasteiger partial charge in [-0.3, -0.25) is 9.59 Å². The minimum atomic E-state index is -0.890. The number of ether oxygens (including phenoxy) is 1. The Morgan fingerprint density at radius 2 is 2.00 bits per heavy atom. The molecule has 1 aliphatic heterocycles. The average molecular weight is 371 g/mol. The van der Waals surface area contributed by atoms with Crippen LogP contribution in [0.15, 0.2) is 18.2 Å². The highest BCUT2D eigenvalue weighted by molar-refractivity contribution is 5.98. The van der Waals surface area contributed by atoms with Crippen molar-refractivity contribution in [3.05, 3.63) is 35.1 Å². The zero-order valence-corrected chi connectivity index (χ0v) is 16.0. The molecule has 144 valence electrons. The fourth-order valence-electron chi connectivity index (χ4n) is 4.52. The number of hydrogen-bond acceptors (Lipinski definition) is 4. The number of Topliss-reactive ketones (excluding diaryl/α,β-unsaturated/α-hetero) is 1. The summed E-state index contributed by atoms with van der Waals surface area (Å²) in [5.74, 6) is -0.691. The van der Waals surface area contributed by atoms with E-state index in [0.717, 1.165) is 31.2 Å². The third-order valence-corrected chi connectivity index (χ3v) is 6.08. The van der Waals surface area contributed by atoms with E-state index in [0.29, 0.717) is 18.4 Å². The molecule has 0 amide bonds. The van der Waals surface area contributed by atoms with E-state index in [1.807, 2.05) is 6.07 Å². The summed E-state index contributed by atoms with van der Waals surface area (Å²) < 4.78 is 20.3. The van der Waals surface area contributed by atoms with Gasteiger partial charge in [-0.1, -0.05) is 25.0 Å². The molecule has 1 atom stereocenters. The van der Waals surface area contributed by atoms with E-state index in [-0.39, 0.29) is 24.5 Å². The highest BCUT2D eigenvalue weighted by atomic mass is 19.1. The monoisotopic (exact) mass is 371 g/mol. The number of benzene rings is 1. The molecule has 1 aromatic rings. The van der Waals surface area contributed by atoms with Crippen LogP contribution in [-0.2, 0) is 26.2 Å². The standard InChI is InChI=1S/C22H26FNO3/c1-21(2,14-24)18-8-7-15(11-19(18)23)9-10-22(16-5-3-4-6-16)13-17(25)12-20(26)27-22/h7-8,11,16H,3-6,9-10,12-13H2,1-2H3/t22-/m0/s1. The van der Waals surface area contributed by atoms with Crippen molar-refractivity contribution in [3.8, 4) is 6.07 Å². The van der Waals surface area contributed by atoms with E-state index in [2.05, 4.69) is 6.07 Å². The second-order valence-corrected chi connectivity index (χ2v) is 8.46. The maximum Gasteiger partial charge on any atom is 0.313 e. The molecule has 0 aromatic heterocycles. The van der Waals surface area contributed by atoms with Crippen LogP contribution < -0.4 is 0 Å². The SMILES string of the molecule is CC(C)(C#N)c1ccc(CC[C@@]2(C3CCCC3)CC(=O)CC(=O)O2)cc1F. The molecule has 2 fully saturated rings. The van der Waals surface area contributed by atoms with Gasteiger partial charge in [0.2, 0.25) is 0 Å². The van der Waals surface area contributed by atoms with Crippen molar-refractivity contribution in [1.82, 2.24) is 0 Å². The Morgan fingerprint density at radius 1 is 1.30 bits per heavy atom. The summed E-state index contributed by atoms with van der Waals surface area (Å²) in [5.41, 5.74) is -0.474. The van der Waals surface area contributed by atoms with E-state index in [1.54, 1.807) is 19.9 Å². The maximum atomic E-state index is 14.5. The van der Waals surface area contributed by atoms with Gasteiger partial charge in [-0.05, 0) is 57.1 Å². The van der Waals surface area contributed by atoms with Crippen LogP contribution in [0.25, 0.3) is 0 Å². The first-order chi connectivity index (χ1) is 12.8. The van der Waals surface area contributed by atoms with Crippen LogP contribution in [-0.4, -0.2) is 17.4 Å². The van der Waals surface area contributed by atoms with E-state index >= 15 is 0 Å². The number of nitriles is 1. The fourth-order valence-corrected chi connectivity index (χ4v) is 4.52. The zero-order valence-electron chi connectivity index (χ0n) is 16.0. The Kier molecular flexibility index (Phi) is 5.37. The zero-order chi connectivity index (χ0) is 19.7. The molecule has 3 rings (SSSR count). The van der Waals surface area contributed by atoms with Crippen LogP contribution in [0.3, 0.4) is 0 Å². The molecule has 4 nitrogen and oxygen atoms in total. The summed E-state index contributed by atoms with van der Waals surface area (Å²) in [6.07, 6.45) is 5.28. The van der Waals surface area contributed by atoms with Crippen molar-refractivity contribution >= 4 is 11.8 Å². The average Bonchev–Trinajstić information content (AvgIpc) is 3.14. The van der Waals surface area contributed by atoms with Gasteiger partial charge in [-0.25, -0.2) is 4.39 Å². The van der Waals surface area contributed by atoms with E-state index in [4.69, 9.17) is 4.74 Å². The van der Waals surface area contributed by atoms with Crippen molar-refractivity contribution in [2.45, 2.75) is 76.2 Å². The Hall–Kier alpha value is -2.22. The summed E-state index contributed by atoms with van der Waals surface area (Å²) in [7, 11) is 0. The maximum absolute atomic E-state index is 14.5. The van der Waals surface area contributed by atoms with Crippen LogP contribution in [0.2, 0.25) is 0 Å². The number of hydrogen-bond donors (Lipinski definition) is 0. The lowest BCUT2D eigenvalue weighted by atomic mass is 9.76. The van der Waals surface area contributed by atoms with Crippen LogP contribution in [0.1, 0.15) is 69.9 Å². The third kappa shape index (κ3) is 4.05. The van der Waals surface area contributed by atoms with E-state index < -0.39 is 22.8 Å². The predicted molar refractivity (Wildman–Crippen MR) is 98.4 cm³/mol. The third-order valence-electron chi connectivity index (χ3n) is 6.08. The Labute approximate surface area is 159 Å². The van der Waals surface area contributed by atoms with Crippen LogP contribution in [0, 0.1) is 23.1 Å². The molecule has 5 heteroatoms. The summed E-state index contributed by atoms with van der Waals surface area (Å²) in [6, 6.07) is 7.07. The van der Waals surface area contributed by atoms with Gasteiger partial charge in [0.25, 0.3) is 0 Å². The Morgan fingerprint density at radius 3 is 2.59 bits per heavy atom. The lowest BCUT2D eigenvalue weighted by molar-refractivity contribution is -0.178. The molecule has 1 aliphatic carbocycles. The van der Waals surface area contributed by atoms with Gasteiger partial charge in [0.1, 0.15) is 23.6 Å². The molecule has 1 saturated carbocycles. The molecule has 27 heavy (non-hydrogen) atoms. The van der Waals surface area contributed by atoms with Gasteiger partial charge < -0.3 is 4.74 Å².